The van der Waals surface area contributed by atoms with Gasteiger partial charge in [0.1, 0.15) is 5.82 Å². The lowest BCUT2D eigenvalue weighted by Crippen LogP contribution is -2.47. The number of piperidine rings is 1. The quantitative estimate of drug-likeness (QED) is 0.152. The summed E-state index contributed by atoms with van der Waals surface area (Å²) >= 11 is 8.65. The summed E-state index contributed by atoms with van der Waals surface area (Å²) in [5, 5.41) is 4.29. The fourth-order valence-electron chi connectivity index (χ4n) is 4.02. The van der Waals surface area contributed by atoms with Crippen molar-refractivity contribution in [2.45, 2.75) is 55.0 Å². The van der Waals surface area contributed by atoms with Crippen LogP contribution in [0.3, 0.4) is 0 Å². The minimum Gasteiger partial charge on any atom is -0.364 e. The molecule has 1 aromatic carbocycles. The molecule has 3 atom stereocenters. The number of benzene rings is 1. The molecule has 3 heterocycles. The number of hydrogen-bond acceptors (Lipinski definition) is 7. The third-order valence-corrected chi connectivity index (χ3v) is 7.65. The summed E-state index contributed by atoms with van der Waals surface area (Å²) in [5.41, 5.74) is 4.20. The maximum absolute atomic E-state index is 12.0. The van der Waals surface area contributed by atoms with Gasteiger partial charge in [-0.15, -0.1) is 0 Å². The number of alkyl halides is 1. The first-order valence-corrected chi connectivity index (χ1v) is 13.2. The van der Waals surface area contributed by atoms with Crippen LogP contribution < -0.4 is 10.8 Å². The lowest BCUT2D eigenvalue weighted by molar-refractivity contribution is -0.198. The molecule has 0 radical (unpaired) electrons. The lowest BCUT2D eigenvalue weighted by atomic mass is 10.0. The molecule has 2 saturated heterocycles. The SMILES string of the molecule is O=C(C=Cc1cnc(N[C@@H]2CCCN(Cc3cccc(Cl)c3)C2I)cn1)NOC1CCCCO1. The zero-order valence-electron chi connectivity index (χ0n) is 18.8. The van der Waals surface area contributed by atoms with Crippen LogP contribution in [-0.4, -0.2) is 50.3 Å². The van der Waals surface area contributed by atoms with Gasteiger partial charge >= 0.3 is 0 Å². The van der Waals surface area contributed by atoms with Gasteiger partial charge in [-0.1, -0.05) is 46.3 Å². The van der Waals surface area contributed by atoms with Crippen molar-refractivity contribution in [3.8, 4) is 0 Å². The van der Waals surface area contributed by atoms with Crippen LogP contribution in [0.1, 0.15) is 43.4 Å². The average Bonchev–Trinajstić information content (AvgIpc) is 2.85. The van der Waals surface area contributed by atoms with E-state index in [1.165, 1.54) is 11.6 Å². The van der Waals surface area contributed by atoms with Crippen molar-refractivity contribution in [2.75, 3.05) is 18.5 Å². The smallest absolute Gasteiger partial charge is 0.267 e. The number of likely N-dealkylation sites (tertiary alicyclic amines) is 1. The molecule has 0 saturated carbocycles. The molecule has 4 rings (SSSR count). The fourth-order valence-corrected chi connectivity index (χ4v) is 5.25. The predicted octanol–water partition coefficient (Wildman–Crippen LogP) is 4.56. The van der Waals surface area contributed by atoms with Gasteiger partial charge in [-0.2, -0.15) is 0 Å². The van der Waals surface area contributed by atoms with Crippen molar-refractivity contribution in [2.24, 2.45) is 0 Å². The van der Waals surface area contributed by atoms with Crippen molar-refractivity contribution >= 4 is 52.0 Å². The molecule has 0 spiro atoms. The van der Waals surface area contributed by atoms with Gasteiger partial charge in [0.15, 0.2) is 6.29 Å². The highest BCUT2D eigenvalue weighted by Gasteiger charge is 2.29. The first kappa shape index (κ1) is 25.3. The number of hydrogen-bond donors (Lipinski definition) is 2. The first-order chi connectivity index (χ1) is 16.6. The Morgan fingerprint density at radius 2 is 2.18 bits per heavy atom. The van der Waals surface area contributed by atoms with E-state index >= 15 is 0 Å². The molecule has 2 unspecified atom stereocenters. The van der Waals surface area contributed by atoms with E-state index in [1.54, 1.807) is 18.5 Å². The zero-order chi connectivity index (χ0) is 23.8. The second kappa shape index (κ2) is 12.8. The van der Waals surface area contributed by atoms with Gasteiger partial charge in [-0.25, -0.2) is 15.3 Å². The maximum atomic E-state index is 12.0. The summed E-state index contributed by atoms with van der Waals surface area (Å²) in [6, 6.07) is 8.29. The number of nitrogens with zero attached hydrogens (tertiary/aromatic N) is 3. The number of rotatable bonds is 8. The normalized spacial score (nSPS) is 23.6. The summed E-state index contributed by atoms with van der Waals surface area (Å²) < 4.78 is 5.72. The summed E-state index contributed by atoms with van der Waals surface area (Å²) in [4.78, 5) is 28.6. The van der Waals surface area contributed by atoms with Crippen LogP contribution in [0.5, 0.6) is 0 Å². The van der Waals surface area contributed by atoms with E-state index in [2.05, 4.69) is 54.3 Å². The van der Waals surface area contributed by atoms with Gasteiger partial charge in [-0.05, 0) is 56.0 Å². The molecular formula is C24H29ClIN5O3. The molecule has 2 aliphatic rings. The number of carbonyl (C=O) groups is 1. The van der Waals surface area contributed by atoms with Crippen molar-refractivity contribution in [1.82, 2.24) is 20.3 Å². The number of aromatic nitrogens is 2. The van der Waals surface area contributed by atoms with Crippen molar-refractivity contribution in [1.29, 1.82) is 0 Å². The fraction of sp³-hybridized carbons (Fsp3) is 0.458. The molecule has 2 aliphatic heterocycles. The summed E-state index contributed by atoms with van der Waals surface area (Å²) in [5.74, 6) is 0.351. The Kier molecular flexibility index (Phi) is 9.51. The topological polar surface area (TPSA) is 88.6 Å². The molecular weight excluding hydrogens is 569 g/mol. The number of halogens is 2. The van der Waals surface area contributed by atoms with Crippen LogP contribution in [0.4, 0.5) is 5.82 Å². The second-order valence-corrected chi connectivity index (χ2v) is 10.1. The van der Waals surface area contributed by atoms with Crippen LogP contribution in [0, 0.1) is 0 Å². The number of carbonyl (C=O) groups excluding carboxylic acids is 1. The Balaban J connectivity index is 1.26. The van der Waals surface area contributed by atoms with Crippen LogP contribution in [0.25, 0.3) is 6.08 Å². The van der Waals surface area contributed by atoms with Gasteiger partial charge in [0.25, 0.3) is 5.91 Å². The number of hydroxylamine groups is 1. The van der Waals surface area contributed by atoms with Crippen molar-refractivity contribution in [3.63, 3.8) is 0 Å². The van der Waals surface area contributed by atoms with E-state index in [0.717, 1.165) is 56.0 Å². The Bertz CT molecular complexity index is 971. The largest absolute Gasteiger partial charge is 0.364 e. The number of ether oxygens (including phenoxy) is 1. The number of amides is 1. The molecule has 8 nitrogen and oxygen atoms in total. The Morgan fingerprint density at radius 3 is 2.94 bits per heavy atom. The van der Waals surface area contributed by atoms with Crippen molar-refractivity contribution < 1.29 is 14.4 Å². The third-order valence-electron chi connectivity index (χ3n) is 5.76. The van der Waals surface area contributed by atoms with Gasteiger partial charge in [0.05, 0.1) is 28.2 Å². The van der Waals surface area contributed by atoms with E-state index in [-0.39, 0.29) is 18.2 Å². The van der Waals surface area contributed by atoms with Gasteiger partial charge < -0.3 is 10.1 Å². The maximum Gasteiger partial charge on any atom is 0.267 e. The molecule has 182 valence electrons. The Hall–Kier alpha value is -1.79. The van der Waals surface area contributed by atoms with Crippen molar-refractivity contribution in [3.05, 3.63) is 59.0 Å². The van der Waals surface area contributed by atoms with E-state index < -0.39 is 0 Å². The zero-order valence-corrected chi connectivity index (χ0v) is 21.7. The molecule has 0 aliphatic carbocycles. The van der Waals surface area contributed by atoms with Gasteiger partial charge in [0.2, 0.25) is 0 Å². The predicted molar refractivity (Wildman–Crippen MR) is 140 cm³/mol. The Labute approximate surface area is 218 Å². The Morgan fingerprint density at radius 1 is 1.26 bits per heavy atom. The average molecular weight is 598 g/mol. The molecule has 34 heavy (non-hydrogen) atoms. The monoisotopic (exact) mass is 597 g/mol. The first-order valence-electron chi connectivity index (χ1n) is 11.5. The van der Waals surface area contributed by atoms with E-state index in [1.807, 2.05) is 18.2 Å². The van der Waals surface area contributed by atoms with E-state index in [9.17, 15) is 4.79 Å². The minimum absolute atomic E-state index is 0.258. The molecule has 2 N–H and O–H groups in total. The van der Waals surface area contributed by atoms with E-state index in [0.29, 0.717) is 16.3 Å². The van der Waals surface area contributed by atoms with Crippen LogP contribution in [-0.2, 0) is 20.9 Å². The highest BCUT2D eigenvalue weighted by molar-refractivity contribution is 14.1. The minimum atomic E-state index is -0.376. The number of anilines is 1. The molecule has 1 amide bonds. The summed E-state index contributed by atoms with van der Waals surface area (Å²) in [6.07, 6.45) is 10.9. The lowest BCUT2D eigenvalue weighted by Gasteiger charge is -2.38. The summed E-state index contributed by atoms with van der Waals surface area (Å²) in [7, 11) is 0. The van der Waals surface area contributed by atoms with Gasteiger partial charge in [0, 0.05) is 30.7 Å². The second-order valence-electron chi connectivity index (χ2n) is 8.41. The third kappa shape index (κ3) is 7.61. The molecule has 1 aromatic heterocycles. The van der Waals surface area contributed by atoms with Gasteiger partial charge in [-0.3, -0.25) is 14.7 Å². The molecule has 0 bridgehead atoms. The molecule has 10 heteroatoms. The molecule has 2 aromatic rings. The van der Waals surface area contributed by atoms with Crippen LogP contribution >= 0.6 is 34.2 Å². The standard InChI is InChI=1S/C24H29ClIN5O3/c25-18-6-3-5-17(13-18)16-31-11-4-7-20(24(31)26)29-21-15-27-19(14-28-21)9-10-22(32)30-34-23-8-1-2-12-33-23/h3,5-6,9-10,13-15,20,23-24H,1-2,4,7-8,11-12,16H2,(H,28,29)(H,30,32)/t20-,23?,24?/m1/s1. The number of nitrogens with one attached hydrogen (secondary N) is 2. The van der Waals surface area contributed by atoms with Crippen LogP contribution in [0.2, 0.25) is 5.02 Å². The highest BCUT2D eigenvalue weighted by Crippen LogP contribution is 2.27. The summed E-state index contributed by atoms with van der Waals surface area (Å²) in [6.45, 7) is 2.57. The molecule has 2 fully saturated rings. The van der Waals surface area contributed by atoms with E-state index in [4.69, 9.17) is 21.2 Å². The highest BCUT2D eigenvalue weighted by atomic mass is 127. The van der Waals surface area contributed by atoms with Crippen LogP contribution in [0.15, 0.2) is 42.7 Å².